The minimum atomic E-state index is 0.104. The molecule has 0 aromatic rings. The molecule has 2 aliphatic heterocycles. The maximum atomic E-state index is 11.4. The Morgan fingerprint density at radius 1 is 1.56 bits per heavy atom. The SMILES string of the molecule is C=NC1=C(C(N)=N[C@H]2CCC(=O)N(C)C2)SCC1. The van der Waals surface area contributed by atoms with Gasteiger partial charge in [0.25, 0.3) is 0 Å². The molecule has 2 heterocycles. The van der Waals surface area contributed by atoms with Gasteiger partial charge in [0.2, 0.25) is 5.91 Å². The van der Waals surface area contributed by atoms with Crippen molar-refractivity contribution >= 4 is 30.2 Å². The minimum Gasteiger partial charge on any atom is -0.383 e. The molecular weight excluding hydrogens is 248 g/mol. The summed E-state index contributed by atoms with van der Waals surface area (Å²) in [5.41, 5.74) is 6.98. The molecule has 2 N–H and O–H groups in total. The second-order valence-electron chi connectivity index (χ2n) is 4.51. The topological polar surface area (TPSA) is 71.0 Å². The second kappa shape index (κ2) is 5.56. The summed E-state index contributed by atoms with van der Waals surface area (Å²) >= 11 is 1.68. The Morgan fingerprint density at radius 2 is 2.33 bits per heavy atom. The molecule has 2 rings (SSSR count). The van der Waals surface area contributed by atoms with Gasteiger partial charge in [-0.1, -0.05) is 0 Å². The molecule has 0 radical (unpaired) electrons. The Bertz CT molecular complexity index is 430. The van der Waals surface area contributed by atoms with Crippen LogP contribution in [0, 0.1) is 0 Å². The van der Waals surface area contributed by atoms with E-state index < -0.39 is 0 Å². The van der Waals surface area contributed by atoms with Gasteiger partial charge in [0, 0.05) is 32.2 Å². The van der Waals surface area contributed by atoms with E-state index in [9.17, 15) is 4.79 Å². The van der Waals surface area contributed by atoms with Gasteiger partial charge in [-0.25, -0.2) is 0 Å². The molecule has 0 saturated carbocycles. The quantitative estimate of drug-likeness (QED) is 0.612. The predicted molar refractivity (Wildman–Crippen MR) is 75.9 cm³/mol. The van der Waals surface area contributed by atoms with E-state index in [1.807, 2.05) is 0 Å². The van der Waals surface area contributed by atoms with Crippen molar-refractivity contribution in [3.8, 4) is 0 Å². The molecule has 0 aromatic carbocycles. The lowest BCUT2D eigenvalue weighted by molar-refractivity contribution is -0.132. The molecular formula is C12H18N4OS. The van der Waals surface area contributed by atoms with Crippen molar-refractivity contribution in [1.82, 2.24) is 4.90 Å². The number of nitrogens with zero attached hydrogens (tertiary/aromatic N) is 3. The highest BCUT2D eigenvalue weighted by atomic mass is 32.2. The van der Waals surface area contributed by atoms with Crippen molar-refractivity contribution in [3.63, 3.8) is 0 Å². The number of piperidine rings is 1. The van der Waals surface area contributed by atoms with Gasteiger partial charge >= 0.3 is 0 Å². The van der Waals surface area contributed by atoms with Crippen LogP contribution < -0.4 is 5.73 Å². The van der Waals surface area contributed by atoms with Crippen LogP contribution in [0.3, 0.4) is 0 Å². The Morgan fingerprint density at radius 3 is 3.00 bits per heavy atom. The fraction of sp³-hybridized carbons (Fsp3) is 0.583. The zero-order valence-corrected chi connectivity index (χ0v) is 11.4. The number of hydrogen-bond acceptors (Lipinski definition) is 4. The number of amidine groups is 1. The second-order valence-corrected chi connectivity index (χ2v) is 5.62. The number of thioether (sulfide) groups is 1. The molecule has 1 atom stereocenters. The van der Waals surface area contributed by atoms with Crippen LogP contribution in [0.15, 0.2) is 20.6 Å². The fourth-order valence-corrected chi connectivity index (χ4v) is 3.20. The van der Waals surface area contributed by atoms with Crippen LogP contribution in [-0.2, 0) is 4.79 Å². The standard InChI is InChI=1S/C12H18N4OS/c1-14-9-5-6-18-11(9)12(13)15-8-3-4-10(17)16(2)7-8/h8H,1,3-7H2,2H3,(H2,13,15)/t8-/m0/s1. The number of likely N-dealkylation sites (tertiary alicyclic amines) is 1. The first-order valence-electron chi connectivity index (χ1n) is 6.02. The average molecular weight is 266 g/mol. The minimum absolute atomic E-state index is 0.104. The lowest BCUT2D eigenvalue weighted by Gasteiger charge is -2.27. The summed E-state index contributed by atoms with van der Waals surface area (Å²) in [5.74, 6) is 1.72. The van der Waals surface area contributed by atoms with Gasteiger partial charge in [0.15, 0.2) is 0 Å². The predicted octanol–water partition coefficient (Wildman–Crippen LogP) is 1.01. The monoisotopic (exact) mass is 266 g/mol. The van der Waals surface area contributed by atoms with Gasteiger partial charge in [-0.05, 0) is 13.1 Å². The summed E-state index contributed by atoms with van der Waals surface area (Å²) in [6.07, 6.45) is 2.23. The first kappa shape index (κ1) is 13.1. The molecule has 0 unspecified atom stereocenters. The average Bonchev–Trinajstić information content (AvgIpc) is 2.82. The molecule has 5 nitrogen and oxygen atoms in total. The summed E-state index contributed by atoms with van der Waals surface area (Å²) in [4.78, 5) is 22.6. The van der Waals surface area contributed by atoms with Crippen molar-refractivity contribution in [3.05, 3.63) is 10.6 Å². The van der Waals surface area contributed by atoms with E-state index in [1.54, 1.807) is 23.7 Å². The smallest absolute Gasteiger partial charge is 0.222 e. The normalized spacial score (nSPS) is 25.8. The van der Waals surface area contributed by atoms with E-state index in [4.69, 9.17) is 5.73 Å². The van der Waals surface area contributed by atoms with E-state index in [1.165, 1.54) is 0 Å². The largest absolute Gasteiger partial charge is 0.383 e. The number of allylic oxidation sites excluding steroid dienone is 1. The Hall–Kier alpha value is -1.30. The number of nitrogens with two attached hydrogens (primary N) is 1. The summed E-state index contributed by atoms with van der Waals surface area (Å²) in [5, 5.41) is 0. The van der Waals surface area contributed by atoms with Crippen molar-refractivity contribution < 1.29 is 4.79 Å². The van der Waals surface area contributed by atoms with Crippen LogP contribution in [0.5, 0.6) is 0 Å². The van der Waals surface area contributed by atoms with Gasteiger partial charge in [0.05, 0.1) is 16.6 Å². The Kier molecular flexibility index (Phi) is 4.06. The molecule has 1 amide bonds. The van der Waals surface area contributed by atoms with Crippen LogP contribution in [0.25, 0.3) is 0 Å². The number of amides is 1. The Balaban J connectivity index is 2.09. The van der Waals surface area contributed by atoms with Gasteiger partial charge < -0.3 is 10.6 Å². The summed E-state index contributed by atoms with van der Waals surface area (Å²) in [6, 6.07) is 0.104. The highest BCUT2D eigenvalue weighted by Gasteiger charge is 2.24. The fourth-order valence-electron chi connectivity index (χ4n) is 2.17. The zero-order valence-electron chi connectivity index (χ0n) is 10.6. The highest BCUT2D eigenvalue weighted by molar-refractivity contribution is 8.04. The van der Waals surface area contributed by atoms with Crippen LogP contribution in [-0.4, -0.2) is 48.7 Å². The van der Waals surface area contributed by atoms with Gasteiger partial charge in [-0.3, -0.25) is 14.8 Å². The number of aliphatic imine (C=N–C) groups is 2. The van der Waals surface area contributed by atoms with Crippen LogP contribution in [0.2, 0.25) is 0 Å². The van der Waals surface area contributed by atoms with E-state index in [-0.39, 0.29) is 11.9 Å². The third-order valence-corrected chi connectivity index (χ3v) is 4.34. The van der Waals surface area contributed by atoms with E-state index >= 15 is 0 Å². The maximum absolute atomic E-state index is 11.4. The lowest BCUT2D eigenvalue weighted by atomic mass is 10.1. The molecule has 1 fully saturated rings. The van der Waals surface area contributed by atoms with E-state index in [2.05, 4.69) is 16.7 Å². The van der Waals surface area contributed by atoms with Gasteiger partial charge in [-0.15, -0.1) is 11.8 Å². The van der Waals surface area contributed by atoms with Crippen LogP contribution >= 0.6 is 11.8 Å². The Labute approximate surface area is 111 Å². The summed E-state index contributed by atoms with van der Waals surface area (Å²) < 4.78 is 0. The van der Waals surface area contributed by atoms with Crippen molar-refractivity contribution in [1.29, 1.82) is 0 Å². The number of carbonyl (C=O) groups excluding carboxylic acids is 1. The van der Waals surface area contributed by atoms with E-state index in [0.29, 0.717) is 18.8 Å². The van der Waals surface area contributed by atoms with Crippen molar-refractivity contribution in [2.45, 2.75) is 25.3 Å². The van der Waals surface area contributed by atoms with Gasteiger partial charge in [-0.2, -0.15) is 0 Å². The van der Waals surface area contributed by atoms with E-state index in [0.717, 1.165) is 29.2 Å². The number of hydrogen-bond donors (Lipinski definition) is 1. The molecule has 98 valence electrons. The first-order chi connectivity index (χ1) is 8.61. The summed E-state index contributed by atoms with van der Waals surface area (Å²) in [6.45, 7) is 4.21. The molecule has 6 heteroatoms. The van der Waals surface area contributed by atoms with Crippen molar-refractivity contribution in [2.75, 3.05) is 19.3 Å². The van der Waals surface area contributed by atoms with Gasteiger partial charge in [0.1, 0.15) is 5.84 Å². The first-order valence-corrected chi connectivity index (χ1v) is 7.00. The molecule has 0 aliphatic carbocycles. The van der Waals surface area contributed by atoms with Crippen molar-refractivity contribution in [2.24, 2.45) is 15.7 Å². The third kappa shape index (κ3) is 2.75. The molecule has 0 aromatic heterocycles. The molecule has 1 saturated heterocycles. The highest BCUT2D eigenvalue weighted by Crippen LogP contribution is 2.32. The summed E-state index contributed by atoms with van der Waals surface area (Å²) in [7, 11) is 1.81. The lowest BCUT2D eigenvalue weighted by Crippen LogP contribution is -2.39. The number of carbonyl (C=O) groups is 1. The van der Waals surface area contributed by atoms with Crippen LogP contribution in [0.1, 0.15) is 19.3 Å². The molecule has 0 spiro atoms. The molecule has 0 bridgehead atoms. The number of rotatable bonds is 3. The molecule has 18 heavy (non-hydrogen) atoms. The maximum Gasteiger partial charge on any atom is 0.222 e. The van der Waals surface area contributed by atoms with Crippen LogP contribution in [0.4, 0.5) is 0 Å². The third-order valence-electron chi connectivity index (χ3n) is 3.19. The zero-order chi connectivity index (χ0) is 13.1. The number of likely N-dealkylation sites (N-methyl/N-ethyl adjacent to an activating group) is 1. The molecule has 2 aliphatic rings.